The summed E-state index contributed by atoms with van der Waals surface area (Å²) in [6, 6.07) is 2.25. The van der Waals surface area contributed by atoms with Crippen molar-refractivity contribution >= 4 is 0 Å². The normalized spacial score (nSPS) is 34.1. The lowest BCUT2D eigenvalue weighted by atomic mass is 9.51. The van der Waals surface area contributed by atoms with Crippen molar-refractivity contribution in [3.63, 3.8) is 0 Å². The highest BCUT2D eigenvalue weighted by Gasteiger charge is 2.58. The number of ether oxygens (including phenoxy) is 1. The molecule has 1 spiro atoms. The Bertz CT molecular complexity index is 312. The molecule has 3 saturated carbocycles. The summed E-state index contributed by atoms with van der Waals surface area (Å²) >= 11 is 0. The van der Waals surface area contributed by atoms with Crippen molar-refractivity contribution in [3.05, 3.63) is 0 Å². The zero-order valence-electron chi connectivity index (χ0n) is 12.8. The fourth-order valence-corrected chi connectivity index (χ4v) is 4.02. The Kier molecular flexibility index (Phi) is 3.89. The molecule has 0 saturated heterocycles. The molecule has 1 N–H and O–H groups in total. The summed E-state index contributed by atoms with van der Waals surface area (Å²) < 4.78 is 5.92. The first-order chi connectivity index (χ1) is 9.17. The number of hydrogen-bond acceptors (Lipinski definition) is 3. The second-order valence-electron chi connectivity index (χ2n) is 6.97. The van der Waals surface area contributed by atoms with Crippen molar-refractivity contribution < 1.29 is 4.74 Å². The Labute approximate surface area is 118 Å². The van der Waals surface area contributed by atoms with Gasteiger partial charge in [0.25, 0.3) is 0 Å². The minimum atomic E-state index is 0.508. The summed E-state index contributed by atoms with van der Waals surface area (Å²) in [5.74, 6) is 0. The third kappa shape index (κ3) is 2.45. The van der Waals surface area contributed by atoms with Crippen molar-refractivity contribution in [1.82, 2.24) is 10.2 Å². The molecule has 0 aromatic carbocycles. The van der Waals surface area contributed by atoms with Crippen LogP contribution in [-0.4, -0.2) is 49.3 Å². The maximum atomic E-state index is 5.92. The van der Waals surface area contributed by atoms with Crippen LogP contribution in [0.15, 0.2) is 0 Å². The molecule has 0 radical (unpaired) electrons. The largest absolute Gasteiger partial charge is 0.378 e. The van der Waals surface area contributed by atoms with Crippen LogP contribution in [0, 0.1) is 5.41 Å². The number of hydrogen-bond donors (Lipinski definition) is 1. The predicted octanol–water partition coefficient (Wildman–Crippen LogP) is 2.41. The average molecular weight is 266 g/mol. The van der Waals surface area contributed by atoms with Crippen LogP contribution in [0.4, 0.5) is 0 Å². The molecule has 0 heterocycles. The summed E-state index contributed by atoms with van der Waals surface area (Å²) in [4.78, 5) is 2.55. The van der Waals surface area contributed by atoms with Crippen LogP contribution >= 0.6 is 0 Å². The third-order valence-corrected chi connectivity index (χ3v) is 5.92. The Morgan fingerprint density at radius 2 is 2.11 bits per heavy atom. The zero-order valence-corrected chi connectivity index (χ0v) is 12.8. The van der Waals surface area contributed by atoms with Crippen LogP contribution in [0.25, 0.3) is 0 Å². The van der Waals surface area contributed by atoms with Gasteiger partial charge in [0.05, 0.1) is 6.10 Å². The highest BCUT2D eigenvalue weighted by molar-refractivity contribution is 5.12. The molecule has 3 rings (SSSR count). The minimum absolute atomic E-state index is 0.508. The van der Waals surface area contributed by atoms with Gasteiger partial charge >= 0.3 is 0 Å². The molecule has 0 aromatic heterocycles. The second kappa shape index (κ2) is 5.34. The number of rotatable bonds is 7. The van der Waals surface area contributed by atoms with Gasteiger partial charge in [-0.05, 0) is 53.0 Å². The molecule has 3 atom stereocenters. The molecule has 3 fully saturated rings. The van der Waals surface area contributed by atoms with Gasteiger partial charge in [-0.15, -0.1) is 0 Å². The fraction of sp³-hybridized carbons (Fsp3) is 1.00. The lowest BCUT2D eigenvalue weighted by molar-refractivity contribution is -0.173. The summed E-state index contributed by atoms with van der Waals surface area (Å²) in [6.07, 6.45) is 8.73. The maximum absolute atomic E-state index is 5.92. The number of nitrogens with zero attached hydrogens (tertiary/aromatic N) is 1. The standard InChI is InChI=1S/C16H30N2O/c1-4-19-15-10-14(16(15)8-5-9-16)17-11-12(2)18(3)13-6-7-13/h12-15,17H,4-11H2,1-3H3. The van der Waals surface area contributed by atoms with Gasteiger partial charge in [0.1, 0.15) is 0 Å². The van der Waals surface area contributed by atoms with E-state index in [-0.39, 0.29) is 0 Å². The van der Waals surface area contributed by atoms with Crippen LogP contribution in [-0.2, 0) is 4.74 Å². The second-order valence-corrected chi connectivity index (χ2v) is 6.97. The fourth-order valence-electron chi connectivity index (χ4n) is 4.02. The first kappa shape index (κ1) is 13.8. The smallest absolute Gasteiger partial charge is 0.0661 e. The zero-order chi connectivity index (χ0) is 13.5. The lowest BCUT2D eigenvalue weighted by Crippen LogP contribution is -2.67. The van der Waals surface area contributed by atoms with Crippen LogP contribution in [0.1, 0.15) is 52.4 Å². The van der Waals surface area contributed by atoms with Crippen LogP contribution in [0.3, 0.4) is 0 Å². The maximum Gasteiger partial charge on any atom is 0.0661 e. The van der Waals surface area contributed by atoms with Crippen molar-refractivity contribution in [1.29, 1.82) is 0 Å². The van der Waals surface area contributed by atoms with Crippen LogP contribution < -0.4 is 5.32 Å². The summed E-state index contributed by atoms with van der Waals surface area (Å²) in [7, 11) is 2.28. The summed E-state index contributed by atoms with van der Waals surface area (Å²) in [6.45, 7) is 6.50. The van der Waals surface area contributed by atoms with Gasteiger partial charge in [-0.1, -0.05) is 6.42 Å². The Hall–Kier alpha value is -0.120. The van der Waals surface area contributed by atoms with E-state index < -0.39 is 0 Å². The van der Waals surface area contributed by atoms with Gasteiger partial charge in [0, 0.05) is 36.7 Å². The van der Waals surface area contributed by atoms with E-state index in [1.165, 1.54) is 38.5 Å². The molecule has 0 aromatic rings. The average Bonchev–Trinajstić information content (AvgIpc) is 3.13. The third-order valence-electron chi connectivity index (χ3n) is 5.92. The van der Waals surface area contributed by atoms with Gasteiger partial charge in [-0.3, -0.25) is 4.90 Å². The number of nitrogens with one attached hydrogen (secondary N) is 1. The molecule has 0 bridgehead atoms. The molecular formula is C16H30N2O. The molecule has 110 valence electrons. The van der Waals surface area contributed by atoms with E-state index in [0.717, 1.165) is 19.2 Å². The van der Waals surface area contributed by atoms with E-state index in [0.29, 0.717) is 23.6 Å². The molecule has 0 aliphatic heterocycles. The van der Waals surface area contributed by atoms with Crippen molar-refractivity contribution in [2.24, 2.45) is 5.41 Å². The quantitative estimate of drug-likeness (QED) is 0.766. The van der Waals surface area contributed by atoms with Gasteiger partial charge in [-0.25, -0.2) is 0 Å². The molecule has 19 heavy (non-hydrogen) atoms. The summed E-state index contributed by atoms with van der Waals surface area (Å²) in [5.41, 5.74) is 0.508. The van der Waals surface area contributed by atoms with E-state index in [1.54, 1.807) is 0 Å². The Morgan fingerprint density at radius 1 is 1.37 bits per heavy atom. The SMILES string of the molecule is CCOC1CC(NCC(C)N(C)C2CC2)C12CCC2. The monoisotopic (exact) mass is 266 g/mol. The van der Waals surface area contributed by atoms with Crippen LogP contribution in [0.5, 0.6) is 0 Å². The summed E-state index contributed by atoms with van der Waals surface area (Å²) in [5, 5.41) is 3.84. The molecule has 3 heteroatoms. The topological polar surface area (TPSA) is 24.5 Å². The minimum Gasteiger partial charge on any atom is -0.378 e. The van der Waals surface area contributed by atoms with E-state index >= 15 is 0 Å². The number of likely N-dealkylation sites (N-methyl/N-ethyl adjacent to an activating group) is 1. The van der Waals surface area contributed by atoms with Gasteiger partial charge in [0.15, 0.2) is 0 Å². The van der Waals surface area contributed by atoms with Crippen molar-refractivity contribution in [2.45, 2.75) is 76.6 Å². The van der Waals surface area contributed by atoms with Crippen molar-refractivity contribution in [3.8, 4) is 0 Å². The molecule has 3 unspecified atom stereocenters. The molecule has 0 amide bonds. The lowest BCUT2D eigenvalue weighted by Gasteiger charge is -2.61. The molecule has 3 nitrogen and oxygen atoms in total. The van der Waals surface area contributed by atoms with Gasteiger partial charge in [0.2, 0.25) is 0 Å². The highest BCUT2D eigenvalue weighted by Crippen LogP contribution is 2.57. The van der Waals surface area contributed by atoms with E-state index in [4.69, 9.17) is 4.74 Å². The Morgan fingerprint density at radius 3 is 2.63 bits per heavy atom. The van der Waals surface area contributed by atoms with Gasteiger partial charge < -0.3 is 10.1 Å². The van der Waals surface area contributed by atoms with Crippen molar-refractivity contribution in [2.75, 3.05) is 20.2 Å². The van der Waals surface area contributed by atoms with E-state index in [2.05, 4.69) is 31.1 Å². The first-order valence-electron chi connectivity index (χ1n) is 8.24. The Balaban J connectivity index is 1.45. The molecule has 3 aliphatic rings. The van der Waals surface area contributed by atoms with Crippen LogP contribution in [0.2, 0.25) is 0 Å². The van der Waals surface area contributed by atoms with E-state index in [1.807, 2.05) is 0 Å². The highest BCUT2D eigenvalue weighted by atomic mass is 16.5. The molecular weight excluding hydrogens is 236 g/mol. The predicted molar refractivity (Wildman–Crippen MR) is 78.4 cm³/mol. The first-order valence-corrected chi connectivity index (χ1v) is 8.24. The molecule has 3 aliphatic carbocycles. The van der Waals surface area contributed by atoms with E-state index in [9.17, 15) is 0 Å². The van der Waals surface area contributed by atoms with Gasteiger partial charge in [-0.2, -0.15) is 0 Å².